The topological polar surface area (TPSA) is 46.1 Å². The van der Waals surface area contributed by atoms with Crippen LogP contribution in [0.25, 0.3) is 11.1 Å². The average molecular weight is 396 g/mol. The molecular weight excluding hydrogens is 362 g/mol. The zero-order valence-corrected chi connectivity index (χ0v) is 17.6. The van der Waals surface area contributed by atoms with Gasteiger partial charge < -0.3 is 19.7 Å². The van der Waals surface area contributed by atoms with Crippen LogP contribution in [0.2, 0.25) is 0 Å². The molecule has 1 heterocycles. The van der Waals surface area contributed by atoms with E-state index in [-0.39, 0.29) is 0 Å². The minimum Gasteiger partial charge on any atom is -0.491 e. The Bertz CT molecular complexity index is 756. The van der Waals surface area contributed by atoms with E-state index in [1.165, 1.54) is 0 Å². The Kier molecular flexibility index (Phi) is 8.38. The van der Waals surface area contributed by atoms with Crippen LogP contribution in [0.4, 0.5) is 0 Å². The molecular formula is C24H33N3O2. The maximum Gasteiger partial charge on any atom is 0.194 e. The molecule has 1 aliphatic rings. The van der Waals surface area contributed by atoms with Gasteiger partial charge in [-0.2, -0.15) is 0 Å². The van der Waals surface area contributed by atoms with Gasteiger partial charge in [0.05, 0.1) is 12.6 Å². The first-order chi connectivity index (χ1) is 14.3. The molecule has 1 aliphatic heterocycles. The number of aliphatic imine (C=N–C) groups is 1. The predicted molar refractivity (Wildman–Crippen MR) is 120 cm³/mol. The molecule has 0 radical (unpaired) electrons. The number of guanidine groups is 1. The second-order valence-electron chi connectivity index (χ2n) is 7.09. The third-order valence-corrected chi connectivity index (χ3v) is 5.06. The van der Waals surface area contributed by atoms with Crippen LogP contribution in [-0.4, -0.2) is 56.4 Å². The summed E-state index contributed by atoms with van der Waals surface area (Å²) in [4.78, 5) is 7.12. The van der Waals surface area contributed by atoms with E-state index in [0.29, 0.717) is 19.3 Å². The van der Waals surface area contributed by atoms with E-state index < -0.39 is 0 Å². The van der Waals surface area contributed by atoms with Gasteiger partial charge in [-0.1, -0.05) is 48.5 Å². The van der Waals surface area contributed by atoms with Gasteiger partial charge >= 0.3 is 0 Å². The van der Waals surface area contributed by atoms with Crippen LogP contribution >= 0.6 is 0 Å². The minimum atomic E-state index is 0.386. The first-order valence-electron chi connectivity index (χ1n) is 10.7. The molecule has 156 valence electrons. The van der Waals surface area contributed by atoms with Gasteiger partial charge in [-0.15, -0.1) is 0 Å². The molecule has 0 unspecified atom stereocenters. The fraction of sp³-hybridized carbons (Fsp3) is 0.458. The molecule has 0 amide bonds. The summed E-state index contributed by atoms with van der Waals surface area (Å²) in [6.07, 6.45) is 2.50. The largest absolute Gasteiger partial charge is 0.491 e. The summed E-state index contributed by atoms with van der Waals surface area (Å²) in [7, 11) is 0. The van der Waals surface area contributed by atoms with Crippen molar-refractivity contribution in [1.29, 1.82) is 0 Å². The number of nitrogens with one attached hydrogen (secondary N) is 1. The summed E-state index contributed by atoms with van der Waals surface area (Å²) in [5.74, 6) is 1.87. The lowest BCUT2D eigenvalue weighted by Gasteiger charge is -2.34. The lowest BCUT2D eigenvalue weighted by atomic mass is 10.1. The van der Waals surface area contributed by atoms with Gasteiger partial charge in [-0.25, -0.2) is 4.99 Å². The number of likely N-dealkylation sites (tertiary alicyclic amines) is 1. The second kappa shape index (κ2) is 11.5. The van der Waals surface area contributed by atoms with E-state index in [1.54, 1.807) is 0 Å². The van der Waals surface area contributed by atoms with Crippen molar-refractivity contribution in [3.8, 4) is 16.9 Å². The van der Waals surface area contributed by atoms with Crippen LogP contribution < -0.4 is 10.1 Å². The molecule has 2 aromatic carbocycles. The van der Waals surface area contributed by atoms with Crippen LogP contribution in [0.1, 0.15) is 26.7 Å². The number of hydrogen-bond acceptors (Lipinski definition) is 3. The third-order valence-electron chi connectivity index (χ3n) is 5.06. The fourth-order valence-electron chi connectivity index (χ4n) is 3.65. The Hall–Kier alpha value is -2.53. The van der Waals surface area contributed by atoms with Gasteiger partial charge in [0.2, 0.25) is 0 Å². The van der Waals surface area contributed by atoms with Crippen molar-refractivity contribution in [3.05, 3.63) is 54.6 Å². The smallest absolute Gasteiger partial charge is 0.194 e. The van der Waals surface area contributed by atoms with E-state index in [0.717, 1.165) is 61.9 Å². The molecule has 0 spiro atoms. The monoisotopic (exact) mass is 395 g/mol. The second-order valence-corrected chi connectivity index (χ2v) is 7.09. The number of nitrogens with zero attached hydrogens (tertiary/aromatic N) is 2. The van der Waals surface area contributed by atoms with E-state index in [4.69, 9.17) is 14.5 Å². The summed E-state index contributed by atoms with van der Waals surface area (Å²) < 4.78 is 11.8. The fourth-order valence-corrected chi connectivity index (χ4v) is 3.65. The Labute approximate surface area is 174 Å². The maximum absolute atomic E-state index is 6.08. The van der Waals surface area contributed by atoms with Gasteiger partial charge in [-0.3, -0.25) is 0 Å². The quantitative estimate of drug-likeness (QED) is 0.413. The van der Waals surface area contributed by atoms with Gasteiger partial charge in [0, 0.05) is 31.8 Å². The van der Waals surface area contributed by atoms with Crippen LogP contribution in [-0.2, 0) is 4.74 Å². The van der Waals surface area contributed by atoms with Crippen molar-refractivity contribution in [2.24, 2.45) is 4.99 Å². The molecule has 2 aromatic rings. The number of hydrogen-bond donors (Lipinski definition) is 1. The van der Waals surface area contributed by atoms with Crippen molar-refractivity contribution in [3.63, 3.8) is 0 Å². The number of benzene rings is 2. The van der Waals surface area contributed by atoms with E-state index in [2.05, 4.69) is 42.3 Å². The Morgan fingerprint density at radius 1 is 1.03 bits per heavy atom. The summed E-state index contributed by atoms with van der Waals surface area (Å²) >= 11 is 0. The summed E-state index contributed by atoms with van der Waals surface area (Å²) in [5.41, 5.74) is 2.28. The lowest BCUT2D eigenvalue weighted by molar-refractivity contribution is 0.0263. The summed E-state index contributed by atoms with van der Waals surface area (Å²) in [5, 5.41) is 3.41. The molecule has 0 aliphatic carbocycles. The first-order valence-corrected chi connectivity index (χ1v) is 10.7. The lowest BCUT2D eigenvalue weighted by Crippen LogP contribution is -2.47. The van der Waals surface area contributed by atoms with Crippen molar-refractivity contribution >= 4 is 5.96 Å². The van der Waals surface area contributed by atoms with Crippen molar-refractivity contribution in [2.45, 2.75) is 32.8 Å². The SMILES string of the molecule is CCNC(=NCCOc1ccccc1-c1ccccc1)N1CCC(OCC)CC1. The number of rotatable bonds is 8. The Morgan fingerprint density at radius 3 is 2.48 bits per heavy atom. The van der Waals surface area contributed by atoms with Gasteiger partial charge in [0.15, 0.2) is 5.96 Å². The summed E-state index contributed by atoms with van der Waals surface area (Å²) in [6.45, 7) is 8.96. The highest BCUT2D eigenvalue weighted by atomic mass is 16.5. The zero-order chi connectivity index (χ0) is 20.3. The van der Waals surface area contributed by atoms with Crippen LogP contribution in [0.3, 0.4) is 0 Å². The van der Waals surface area contributed by atoms with Crippen LogP contribution in [0.5, 0.6) is 5.75 Å². The number of ether oxygens (including phenoxy) is 2. The minimum absolute atomic E-state index is 0.386. The standard InChI is InChI=1S/C24H33N3O2/c1-3-25-24(27-17-14-21(15-18-27)28-4-2)26-16-19-29-23-13-9-8-12-22(23)20-10-6-5-7-11-20/h5-13,21H,3-4,14-19H2,1-2H3,(H,25,26). The molecule has 5 heteroatoms. The van der Waals surface area contributed by atoms with Crippen molar-refractivity contribution in [2.75, 3.05) is 39.4 Å². The van der Waals surface area contributed by atoms with Gasteiger partial charge in [0.25, 0.3) is 0 Å². The van der Waals surface area contributed by atoms with Crippen LogP contribution in [0, 0.1) is 0 Å². The van der Waals surface area contributed by atoms with Crippen molar-refractivity contribution in [1.82, 2.24) is 10.2 Å². The highest BCUT2D eigenvalue weighted by Crippen LogP contribution is 2.29. The predicted octanol–water partition coefficient (Wildman–Crippen LogP) is 4.20. The molecule has 0 saturated carbocycles. The number of para-hydroxylation sites is 1. The van der Waals surface area contributed by atoms with E-state index in [9.17, 15) is 0 Å². The van der Waals surface area contributed by atoms with E-state index in [1.807, 2.05) is 36.4 Å². The van der Waals surface area contributed by atoms with Gasteiger partial charge in [0.1, 0.15) is 12.4 Å². The molecule has 0 aromatic heterocycles. The molecule has 0 atom stereocenters. The molecule has 3 rings (SSSR count). The zero-order valence-electron chi connectivity index (χ0n) is 17.6. The normalized spacial score (nSPS) is 15.4. The number of piperidine rings is 1. The molecule has 1 saturated heterocycles. The molecule has 5 nitrogen and oxygen atoms in total. The highest BCUT2D eigenvalue weighted by molar-refractivity contribution is 5.80. The molecule has 1 N–H and O–H groups in total. The summed E-state index contributed by atoms with van der Waals surface area (Å²) in [6, 6.07) is 18.5. The molecule has 1 fully saturated rings. The highest BCUT2D eigenvalue weighted by Gasteiger charge is 2.21. The van der Waals surface area contributed by atoms with Gasteiger partial charge in [-0.05, 0) is 38.3 Å². The van der Waals surface area contributed by atoms with E-state index >= 15 is 0 Å². The third kappa shape index (κ3) is 6.23. The van der Waals surface area contributed by atoms with Crippen molar-refractivity contribution < 1.29 is 9.47 Å². The maximum atomic E-state index is 6.08. The molecule has 0 bridgehead atoms. The molecule has 29 heavy (non-hydrogen) atoms. The Balaban J connectivity index is 1.56. The average Bonchev–Trinajstić information content (AvgIpc) is 2.78. The first kappa shape index (κ1) is 21.2. The van der Waals surface area contributed by atoms with Crippen LogP contribution in [0.15, 0.2) is 59.6 Å². The Morgan fingerprint density at radius 2 is 1.76 bits per heavy atom.